The van der Waals surface area contributed by atoms with Gasteiger partial charge in [-0.05, 0) is 55.3 Å². The summed E-state index contributed by atoms with van der Waals surface area (Å²) in [5.41, 5.74) is 2.85. The zero-order valence-electron chi connectivity index (χ0n) is 15.1. The van der Waals surface area contributed by atoms with Gasteiger partial charge in [-0.15, -0.1) is 0 Å². The van der Waals surface area contributed by atoms with Crippen LogP contribution in [0.2, 0.25) is 0 Å². The van der Waals surface area contributed by atoms with Gasteiger partial charge in [-0.2, -0.15) is 0 Å². The molecule has 0 fully saturated rings. The zero-order chi connectivity index (χ0) is 19.4. The summed E-state index contributed by atoms with van der Waals surface area (Å²) in [5.74, 6) is -1.29. The molecule has 0 radical (unpaired) electrons. The maximum atomic E-state index is 14.4. The van der Waals surface area contributed by atoms with Crippen LogP contribution in [0.3, 0.4) is 0 Å². The van der Waals surface area contributed by atoms with Gasteiger partial charge in [0.05, 0.1) is 25.1 Å². The Bertz CT molecular complexity index is 937. The van der Waals surface area contributed by atoms with Crippen LogP contribution in [0, 0.1) is 12.7 Å². The third-order valence-electron chi connectivity index (χ3n) is 4.20. The molecule has 140 valence electrons. The number of oxazole rings is 1. The number of carboxylic acid groups (broad SMARTS) is 1. The van der Waals surface area contributed by atoms with Crippen LogP contribution in [0.4, 0.5) is 4.39 Å². The Labute approximate surface area is 156 Å². The Morgan fingerprint density at radius 1 is 1.30 bits per heavy atom. The predicted octanol–water partition coefficient (Wildman–Crippen LogP) is 4.79. The van der Waals surface area contributed by atoms with Gasteiger partial charge in [-0.1, -0.05) is 11.6 Å². The summed E-state index contributed by atoms with van der Waals surface area (Å²) in [6.45, 7) is 4.31. The van der Waals surface area contributed by atoms with Crippen molar-refractivity contribution in [3.8, 4) is 16.9 Å². The first-order chi connectivity index (χ1) is 13.0. The van der Waals surface area contributed by atoms with E-state index in [0.717, 1.165) is 11.1 Å². The van der Waals surface area contributed by atoms with Crippen LogP contribution in [0.5, 0.6) is 5.75 Å². The van der Waals surface area contributed by atoms with Crippen molar-refractivity contribution in [3.05, 3.63) is 71.7 Å². The highest BCUT2D eigenvalue weighted by molar-refractivity contribution is 5.73. The van der Waals surface area contributed by atoms with Gasteiger partial charge < -0.3 is 14.3 Å². The van der Waals surface area contributed by atoms with E-state index in [1.165, 1.54) is 24.6 Å². The molecule has 1 atom stereocenters. The summed E-state index contributed by atoms with van der Waals surface area (Å²) in [6, 6.07) is 10.2. The van der Waals surface area contributed by atoms with Crippen LogP contribution >= 0.6 is 0 Å². The van der Waals surface area contributed by atoms with Crippen LogP contribution in [-0.4, -0.2) is 22.7 Å². The molecule has 0 amide bonds. The fraction of sp³-hybridized carbons (Fsp3) is 0.238. The lowest BCUT2D eigenvalue weighted by Gasteiger charge is -2.16. The van der Waals surface area contributed by atoms with Crippen molar-refractivity contribution < 1.29 is 23.4 Å². The Morgan fingerprint density at radius 3 is 2.78 bits per heavy atom. The van der Waals surface area contributed by atoms with Crippen molar-refractivity contribution in [2.75, 3.05) is 6.61 Å². The van der Waals surface area contributed by atoms with E-state index in [9.17, 15) is 14.3 Å². The Morgan fingerprint density at radius 2 is 2.11 bits per heavy atom. The second kappa shape index (κ2) is 8.03. The van der Waals surface area contributed by atoms with E-state index in [-0.39, 0.29) is 12.3 Å². The molecule has 0 aliphatic rings. The molecule has 0 saturated heterocycles. The SMILES string of the molecule is CCOc1ccc(C)cc1-c1cc(F)cc(C(CC(=O)O)c2ncco2)c1. The number of hydrogen-bond acceptors (Lipinski definition) is 4. The molecule has 0 bridgehead atoms. The summed E-state index contributed by atoms with van der Waals surface area (Å²) < 4.78 is 25.4. The number of carbonyl (C=O) groups is 1. The molecule has 2 aromatic carbocycles. The number of carboxylic acids is 1. The van der Waals surface area contributed by atoms with Crippen LogP contribution in [0.25, 0.3) is 11.1 Å². The van der Waals surface area contributed by atoms with Gasteiger partial charge in [0, 0.05) is 5.56 Å². The lowest BCUT2D eigenvalue weighted by Crippen LogP contribution is -2.09. The van der Waals surface area contributed by atoms with Gasteiger partial charge >= 0.3 is 5.97 Å². The minimum absolute atomic E-state index is 0.239. The first-order valence-electron chi connectivity index (χ1n) is 8.63. The Kier molecular flexibility index (Phi) is 5.54. The Balaban J connectivity index is 2.12. The minimum Gasteiger partial charge on any atom is -0.493 e. The molecule has 3 rings (SSSR count). The molecule has 1 unspecified atom stereocenters. The molecular weight excluding hydrogens is 349 g/mol. The fourth-order valence-electron chi connectivity index (χ4n) is 3.05. The lowest BCUT2D eigenvalue weighted by atomic mass is 9.91. The number of aryl methyl sites for hydroxylation is 1. The fourth-order valence-corrected chi connectivity index (χ4v) is 3.05. The highest BCUT2D eigenvalue weighted by Gasteiger charge is 2.23. The molecule has 5 nitrogen and oxygen atoms in total. The minimum atomic E-state index is -1.02. The Hall–Kier alpha value is -3.15. The second-order valence-corrected chi connectivity index (χ2v) is 6.23. The molecular formula is C21H20FNO4. The van der Waals surface area contributed by atoms with E-state index in [0.29, 0.717) is 23.5 Å². The summed E-state index contributed by atoms with van der Waals surface area (Å²) in [7, 11) is 0. The molecule has 0 saturated carbocycles. The van der Waals surface area contributed by atoms with Gasteiger partial charge in [0.1, 0.15) is 17.8 Å². The first-order valence-corrected chi connectivity index (χ1v) is 8.63. The zero-order valence-corrected chi connectivity index (χ0v) is 15.1. The smallest absolute Gasteiger partial charge is 0.304 e. The molecule has 0 aliphatic heterocycles. The number of aromatic nitrogens is 1. The van der Waals surface area contributed by atoms with Crippen molar-refractivity contribution in [2.45, 2.75) is 26.2 Å². The van der Waals surface area contributed by atoms with Crippen molar-refractivity contribution in [3.63, 3.8) is 0 Å². The maximum Gasteiger partial charge on any atom is 0.304 e. The van der Waals surface area contributed by atoms with E-state index in [2.05, 4.69) is 4.98 Å². The van der Waals surface area contributed by atoms with Crippen molar-refractivity contribution >= 4 is 5.97 Å². The second-order valence-electron chi connectivity index (χ2n) is 6.23. The largest absolute Gasteiger partial charge is 0.493 e. The molecule has 0 spiro atoms. The number of aliphatic carboxylic acids is 1. The van der Waals surface area contributed by atoms with Gasteiger partial charge in [-0.3, -0.25) is 4.79 Å². The lowest BCUT2D eigenvalue weighted by molar-refractivity contribution is -0.137. The quantitative estimate of drug-likeness (QED) is 0.648. The topological polar surface area (TPSA) is 72.6 Å². The molecule has 27 heavy (non-hydrogen) atoms. The number of halogens is 1. The van der Waals surface area contributed by atoms with E-state index < -0.39 is 17.7 Å². The molecule has 1 aromatic heterocycles. The third kappa shape index (κ3) is 4.34. The van der Waals surface area contributed by atoms with E-state index in [1.807, 2.05) is 32.0 Å². The predicted molar refractivity (Wildman–Crippen MR) is 98.3 cm³/mol. The van der Waals surface area contributed by atoms with Crippen molar-refractivity contribution in [2.24, 2.45) is 0 Å². The number of rotatable bonds is 7. The molecule has 3 aromatic rings. The first kappa shape index (κ1) is 18.6. The molecule has 6 heteroatoms. The number of hydrogen-bond donors (Lipinski definition) is 1. The molecule has 0 aliphatic carbocycles. The summed E-state index contributed by atoms with van der Waals surface area (Å²) >= 11 is 0. The van der Waals surface area contributed by atoms with Gasteiger partial charge in [-0.25, -0.2) is 9.37 Å². The monoisotopic (exact) mass is 369 g/mol. The average molecular weight is 369 g/mol. The number of benzene rings is 2. The number of ether oxygens (including phenoxy) is 1. The van der Waals surface area contributed by atoms with Crippen molar-refractivity contribution in [1.29, 1.82) is 0 Å². The van der Waals surface area contributed by atoms with Crippen LogP contribution in [0.15, 0.2) is 53.3 Å². The van der Waals surface area contributed by atoms with Gasteiger partial charge in [0.2, 0.25) is 5.89 Å². The summed E-state index contributed by atoms with van der Waals surface area (Å²) in [4.78, 5) is 15.4. The van der Waals surface area contributed by atoms with Crippen LogP contribution < -0.4 is 4.74 Å². The summed E-state index contributed by atoms with van der Waals surface area (Å²) in [5, 5.41) is 9.27. The third-order valence-corrected chi connectivity index (χ3v) is 4.20. The van der Waals surface area contributed by atoms with Gasteiger partial charge in [0.15, 0.2) is 0 Å². The molecule has 1 heterocycles. The average Bonchev–Trinajstić information content (AvgIpc) is 3.15. The van der Waals surface area contributed by atoms with Gasteiger partial charge in [0.25, 0.3) is 0 Å². The van der Waals surface area contributed by atoms with Crippen LogP contribution in [0.1, 0.15) is 36.3 Å². The normalized spacial score (nSPS) is 12.0. The summed E-state index contributed by atoms with van der Waals surface area (Å²) in [6.07, 6.45) is 2.56. The van der Waals surface area contributed by atoms with Crippen molar-refractivity contribution in [1.82, 2.24) is 4.98 Å². The highest BCUT2D eigenvalue weighted by Crippen LogP contribution is 2.35. The molecule has 1 N–H and O–H groups in total. The van der Waals surface area contributed by atoms with E-state index >= 15 is 0 Å². The number of nitrogens with zero attached hydrogens (tertiary/aromatic N) is 1. The standard InChI is InChI=1S/C21H20FNO4/c1-3-26-19-5-4-13(2)8-17(19)14-9-15(11-16(22)10-14)18(12-20(24)25)21-23-6-7-27-21/h4-11,18H,3,12H2,1-2H3,(H,24,25). The van der Waals surface area contributed by atoms with E-state index in [1.54, 1.807) is 6.07 Å². The van der Waals surface area contributed by atoms with Crippen LogP contribution in [-0.2, 0) is 4.79 Å². The highest BCUT2D eigenvalue weighted by atomic mass is 19.1. The maximum absolute atomic E-state index is 14.4. The van der Waals surface area contributed by atoms with E-state index in [4.69, 9.17) is 9.15 Å².